The fourth-order valence-electron chi connectivity index (χ4n) is 4.93. The Labute approximate surface area is 150 Å². The van der Waals surface area contributed by atoms with Crippen LogP contribution in [-0.4, -0.2) is 0 Å². The Balaban J connectivity index is 1.46. The summed E-state index contributed by atoms with van der Waals surface area (Å²) in [7, 11) is 0. The maximum Gasteiger partial charge on any atom is -0.0146 e. The van der Waals surface area contributed by atoms with E-state index in [2.05, 4.69) is 66.7 Å². The predicted molar refractivity (Wildman–Crippen MR) is 105 cm³/mol. The molecular formula is C25H24. The van der Waals surface area contributed by atoms with Crippen molar-refractivity contribution in [3.63, 3.8) is 0 Å². The lowest BCUT2D eigenvalue weighted by Crippen LogP contribution is -2.19. The molecule has 0 aromatic heterocycles. The summed E-state index contributed by atoms with van der Waals surface area (Å²) >= 11 is 0. The monoisotopic (exact) mass is 324 g/mol. The predicted octanol–water partition coefficient (Wildman–Crippen LogP) is 5.80. The smallest absolute Gasteiger partial charge is 0.0146 e. The van der Waals surface area contributed by atoms with Crippen LogP contribution in [-0.2, 0) is 32.1 Å². The van der Waals surface area contributed by atoms with Gasteiger partial charge in [0, 0.05) is 0 Å². The quantitative estimate of drug-likeness (QED) is 0.559. The van der Waals surface area contributed by atoms with Gasteiger partial charge in [-0.25, -0.2) is 0 Å². The topological polar surface area (TPSA) is 0 Å². The molecule has 0 radical (unpaired) electrons. The Kier molecular flexibility index (Phi) is 3.70. The average molecular weight is 324 g/mol. The highest BCUT2D eigenvalue weighted by atomic mass is 14.3. The van der Waals surface area contributed by atoms with Gasteiger partial charge < -0.3 is 0 Å². The van der Waals surface area contributed by atoms with Crippen molar-refractivity contribution in [3.05, 3.63) is 94.5 Å². The molecule has 0 nitrogen and oxygen atoms in total. The SMILES string of the molecule is c1ccc(CC2CCc3c(ccc4c3CCc3ccccc3-4)C2)cc1. The van der Waals surface area contributed by atoms with Crippen LogP contribution < -0.4 is 0 Å². The van der Waals surface area contributed by atoms with Gasteiger partial charge in [0.1, 0.15) is 0 Å². The van der Waals surface area contributed by atoms with Gasteiger partial charge in [-0.2, -0.15) is 0 Å². The van der Waals surface area contributed by atoms with Crippen LogP contribution in [0.1, 0.15) is 34.2 Å². The first kappa shape index (κ1) is 15.0. The van der Waals surface area contributed by atoms with Crippen molar-refractivity contribution in [2.24, 2.45) is 5.92 Å². The summed E-state index contributed by atoms with van der Waals surface area (Å²) in [6.07, 6.45) is 7.49. The third kappa shape index (κ3) is 2.70. The van der Waals surface area contributed by atoms with E-state index in [1.807, 2.05) is 0 Å². The molecule has 0 saturated carbocycles. The summed E-state index contributed by atoms with van der Waals surface area (Å²) in [4.78, 5) is 0. The first-order chi connectivity index (χ1) is 12.4. The summed E-state index contributed by atoms with van der Waals surface area (Å²) in [5.74, 6) is 0.795. The first-order valence-electron chi connectivity index (χ1n) is 9.64. The van der Waals surface area contributed by atoms with Crippen molar-refractivity contribution in [2.45, 2.75) is 38.5 Å². The number of benzene rings is 3. The van der Waals surface area contributed by atoms with E-state index in [9.17, 15) is 0 Å². The second-order valence-corrected chi connectivity index (χ2v) is 7.69. The molecule has 0 N–H and O–H groups in total. The fraction of sp³-hybridized carbons (Fsp3) is 0.280. The first-order valence-corrected chi connectivity index (χ1v) is 9.64. The van der Waals surface area contributed by atoms with E-state index < -0.39 is 0 Å². The van der Waals surface area contributed by atoms with Crippen LogP contribution in [0.5, 0.6) is 0 Å². The zero-order valence-electron chi connectivity index (χ0n) is 14.7. The molecule has 25 heavy (non-hydrogen) atoms. The lowest BCUT2D eigenvalue weighted by molar-refractivity contribution is 0.454. The van der Waals surface area contributed by atoms with Crippen LogP contribution in [0, 0.1) is 5.92 Å². The third-order valence-corrected chi connectivity index (χ3v) is 6.16. The lowest BCUT2D eigenvalue weighted by Gasteiger charge is -2.30. The molecule has 0 bridgehead atoms. The number of fused-ring (bicyclic) bond motifs is 5. The highest BCUT2D eigenvalue weighted by Crippen LogP contribution is 2.39. The van der Waals surface area contributed by atoms with Crippen molar-refractivity contribution in [1.82, 2.24) is 0 Å². The molecular weight excluding hydrogens is 300 g/mol. The van der Waals surface area contributed by atoms with Gasteiger partial charge in [0.15, 0.2) is 0 Å². The molecule has 0 fully saturated rings. The van der Waals surface area contributed by atoms with E-state index in [0.29, 0.717) is 0 Å². The van der Waals surface area contributed by atoms with Gasteiger partial charge in [-0.15, -0.1) is 0 Å². The zero-order valence-corrected chi connectivity index (χ0v) is 14.7. The Morgan fingerprint density at radius 3 is 2.40 bits per heavy atom. The molecule has 5 rings (SSSR count). The van der Waals surface area contributed by atoms with Crippen LogP contribution in [0.3, 0.4) is 0 Å². The second-order valence-electron chi connectivity index (χ2n) is 7.69. The van der Waals surface area contributed by atoms with Gasteiger partial charge >= 0.3 is 0 Å². The van der Waals surface area contributed by atoms with Crippen LogP contribution in [0.25, 0.3) is 11.1 Å². The van der Waals surface area contributed by atoms with Crippen molar-refractivity contribution in [1.29, 1.82) is 0 Å². The van der Waals surface area contributed by atoms with E-state index in [4.69, 9.17) is 0 Å². The van der Waals surface area contributed by atoms with E-state index in [1.165, 1.54) is 60.8 Å². The van der Waals surface area contributed by atoms with Crippen molar-refractivity contribution < 1.29 is 0 Å². The Hall–Kier alpha value is -2.34. The van der Waals surface area contributed by atoms with E-state index in [1.54, 1.807) is 16.7 Å². The fourth-order valence-corrected chi connectivity index (χ4v) is 4.93. The van der Waals surface area contributed by atoms with E-state index in [-0.39, 0.29) is 0 Å². The summed E-state index contributed by atoms with van der Waals surface area (Å²) in [5, 5.41) is 0. The molecule has 0 aliphatic heterocycles. The molecule has 3 aromatic rings. The highest BCUT2D eigenvalue weighted by Gasteiger charge is 2.25. The number of rotatable bonds is 2. The largest absolute Gasteiger partial charge is 0.0622 e. The molecule has 2 aliphatic carbocycles. The molecule has 2 aliphatic rings. The maximum atomic E-state index is 2.42. The summed E-state index contributed by atoms with van der Waals surface area (Å²) < 4.78 is 0. The van der Waals surface area contributed by atoms with Gasteiger partial charge in [-0.1, -0.05) is 66.7 Å². The Morgan fingerprint density at radius 2 is 1.48 bits per heavy atom. The van der Waals surface area contributed by atoms with Gasteiger partial charge in [0.2, 0.25) is 0 Å². The van der Waals surface area contributed by atoms with Gasteiger partial charge in [0.05, 0.1) is 0 Å². The van der Waals surface area contributed by atoms with Crippen LogP contribution in [0.4, 0.5) is 0 Å². The Morgan fingerprint density at radius 1 is 0.640 bits per heavy atom. The number of hydrogen-bond donors (Lipinski definition) is 0. The van der Waals surface area contributed by atoms with Crippen LogP contribution >= 0.6 is 0 Å². The van der Waals surface area contributed by atoms with Gasteiger partial charge in [-0.05, 0) is 83.4 Å². The molecule has 0 amide bonds. The molecule has 3 aromatic carbocycles. The minimum Gasteiger partial charge on any atom is -0.0622 e. The van der Waals surface area contributed by atoms with Crippen LogP contribution in [0.2, 0.25) is 0 Å². The average Bonchev–Trinajstić information content (AvgIpc) is 2.68. The van der Waals surface area contributed by atoms with E-state index >= 15 is 0 Å². The second kappa shape index (κ2) is 6.19. The molecule has 124 valence electrons. The van der Waals surface area contributed by atoms with Gasteiger partial charge in [-0.3, -0.25) is 0 Å². The molecule has 0 heteroatoms. The standard InChI is InChI=1S/C25H24/c1-2-6-18(7-3-1)16-19-10-13-23-21(17-19)12-15-24-22-9-5-4-8-20(22)11-14-25(23)24/h1-9,12,15,19H,10-11,13-14,16-17H2. The van der Waals surface area contributed by atoms with Crippen molar-refractivity contribution in [3.8, 4) is 11.1 Å². The third-order valence-electron chi connectivity index (χ3n) is 6.16. The van der Waals surface area contributed by atoms with E-state index in [0.717, 1.165) is 5.92 Å². The molecule has 1 unspecified atom stereocenters. The minimum absolute atomic E-state index is 0.795. The Bertz CT molecular complexity index is 905. The normalized spacial score (nSPS) is 18.2. The summed E-state index contributed by atoms with van der Waals surface area (Å²) in [6.45, 7) is 0. The van der Waals surface area contributed by atoms with Crippen molar-refractivity contribution in [2.75, 3.05) is 0 Å². The van der Waals surface area contributed by atoms with Gasteiger partial charge in [0.25, 0.3) is 0 Å². The summed E-state index contributed by atoms with van der Waals surface area (Å²) in [5.41, 5.74) is 10.9. The van der Waals surface area contributed by atoms with Crippen molar-refractivity contribution >= 4 is 0 Å². The number of hydrogen-bond acceptors (Lipinski definition) is 0. The zero-order chi connectivity index (χ0) is 16.6. The maximum absolute atomic E-state index is 2.42. The summed E-state index contributed by atoms with van der Waals surface area (Å²) in [6, 6.07) is 24.8. The van der Waals surface area contributed by atoms with Crippen LogP contribution in [0.15, 0.2) is 66.7 Å². The lowest BCUT2D eigenvalue weighted by atomic mass is 9.74. The minimum atomic E-state index is 0.795. The molecule has 0 spiro atoms. The molecule has 0 saturated heterocycles. The number of aryl methyl sites for hydroxylation is 1. The highest BCUT2D eigenvalue weighted by molar-refractivity contribution is 5.75. The molecule has 1 atom stereocenters. The molecule has 0 heterocycles.